The van der Waals surface area contributed by atoms with Crippen LogP contribution in [0.2, 0.25) is 0 Å². The number of carbonyl (C=O) groups excluding carboxylic acids is 1. The molecule has 4 nitrogen and oxygen atoms in total. The molecular formula is C31H31NO3. The Morgan fingerprint density at radius 3 is 2.63 bits per heavy atom. The molecule has 0 aromatic heterocycles. The molecule has 0 unspecified atom stereocenters. The second-order valence-corrected chi connectivity index (χ2v) is 9.33. The number of methoxy groups -OCH3 is 1. The van der Waals surface area contributed by atoms with E-state index < -0.39 is 0 Å². The van der Waals surface area contributed by atoms with Crippen molar-refractivity contribution in [3.05, 3.63) is 113 Å². The van der Waals surface area contributed by atoms with Crippen LogP contribution in [0.5, 0.6) is 5.75 Å². The van der Waals surface area contributed by atoms with Gasteiger partial charge in [-0.3, -0.25) is 0 Å². The lowest BCUT2D eigenvalue weighted by Crippen LogP contribution is -2.37. The highest BCUT2D eigenvalue weighted by Gasteiger charge is 2.30. The molecule has 5 rings (SSSR count). The Kier molecular flexibility index (Phi) is 6.56. The summed E-state index contributed by atoms with van der Waals surface area (Å²) in [5.74, 6) is 0.832. The Balaban J connectivity index is 1.37. The summed E-state index contributed by atoms with van der Waals surface area (Å²) in [5, 5.41) is 6.26. The largest absolute Gasteiger partial charge is 0.489 e. The van der Waals surface area contributed by atoms with Crippen molar-refractivity contribution in [3.8, 4) is 5.75 Å². The summed E-state index contributed by atoms with van der Waals surface area (Å²) in [6.45, 7) is 4.92. The van der Waals surface area contributed by atoms with E-state index in [0.29, 0.717) is 5.56 Å². The lowest BCUT2D eigenvalue weighted by atomic mass is 9.83. The number of nitrogens with one attached hydrogen (secondary N) is 1. The minimum atomic E-state index is -0.300. The van der Waals surface area contributed by atoms with Crippen molar-refractivity contribution in [2.24, 2.45) is 0 Å². The molecule has 0 radical (unpaired) electrons. The molecule has 0 saturated carbocycles. The quantitative estimate of drug-likeness (QED) is 0.327. The van der Waals surface area contributed by atoms with Crippen LogP contribution in [0.3, 0.4) is 0 Å². The molecule has 1 N–H and O–H groups in total. The van der Waals surface area contributed by atoms with Crippen LogP contribution in [0, 0.1) is 6.92 Å². The van der Waals surface area contributed by atoms with Gasteiger partial charge in [-0.15, -0.1) is 0 Å². The SMILES string of the molecule is COC(=O)c1ccc([C@H]2C[C@H](CN[C@H](C)c3cccc4ccccc34)Oc3ccccc32)cc1C. The molecule has 0 fully saturated rings. The Bertz CT molecular complexity index is 1360. The summed E-state index contributed by atoms with van der Waals surface area (Å²) in [6.07, 6.45) is 0.899. The molecule has 0 aliphatic carbocycles. The van der Waals surface area contributed by atoms with Gasteiger partial charge in [-0.05, 0) is 59.9 Å². The average molecular weight is 466 g/mol. The molecule has 0 saturated heterocycles. The van der Waals surface area contributed by atoms with Crippen molar-refractivity contribution in [1.29, 1.82) is 0 Å². The molecule has 3 atom stereocenters. The molecule has 4 aromatic rings. The van der Waals surface area contributed by atoms with Crippen LogP contribution >= 0.6 is 0 Å². The van der Waals surface area contributed by atoms with Crippen LogP contribution in [-0.4, -0.2) is 25.7 Å². The van der Waals surface area contributed by atoms with Crippen molar-refractivity contribution >= 4 is 16.7 Å². The molecule has 178 valence electrons. The van der Waals surface area contributed by atoms with E-state index in [0.717, 1.165) is 24.3 Å². The van der Waals surface area contributed by atoms with E-state index in [2.05, 4.69) is 85.0 Å². The second-order valence-electron chi connectivity index (χ2n) is 9.33. The summed E-state index contributed by atoms with van der Waals surface area (Å²) in [7, 11) is 1.42. The van der Waals surface area contributed by atoms with Crippen molar-refractivity contribution < 1.29 is 14.3 Å². The predicted octanol–water partition coefficient (Wildman–Crippen LogP) is 6.57. The topological polar surface area (TPSA) is 47.6 Å². The number of esters is 1. The van der Waals surface area contributed by atoms with E-state index in [1.54, 1.807) is 0 Å². The van der Waals surface area contributed by atoms with E-state index in [-0.39, 0.29) is 24.0 Å². The van der Waals surface area contributed by atoms with Crippen molar-refractivity contribution in [2.75, 3.05) is 13.7 Å². The van der Waals surface area contributed by atoms with E-state index >= 15 is 0 Å². The lowest BCUT2D eigenvalue weighted by molar-refractivity contribution is 0.0600. The number of rotatable bonds is 6. The zero-order valence-electron chi connectivity index (χ0n) is 20.5. The highest BCUT2D eigenvalue weighted by atomic mass is 16.5. The zero-order chi connectivity index (χ0) is 24.4. The highest BCUT2D eigenvalue weighted by Crippen LogP contribution is 2.40. The Morgan fingerprint density at radius 2 is 1.80 bits per heavy atom. The molecule has 1 aliphatic heterocycles. The molecule has 0 bridgehead atoms. The third-order valence-electron chi connectivity index (χ3n) is 7.09. The number of para-hydroxylation sites is 1. The number of ether oxygens (including phenoxy) is 2. The molecule has 4 heteroatoms. The number of aryl methyl sites for hydroxylation is 1. The fourth-order valence-electron chi connectivity index (χ4n) is 5.22. The summed E-state index contributed by atoms with van der Waals surface area (Å²) < 4.78 is 11.4. The first-order chi connectivity index (χ1) is 17.0. The Hall–Kier alpha value is -3.63. The summed E-state index contributed by atoms with van der Waals surface area (Å²) >= 11 is 0. The van der Waals surface area contributed by atoms with E-state index in [9.17, 15) is 4.79 Å². The van der Waals surface area contributed by atoms with Crippen LogP contribution in [0.25, 0.3) is 10.8 Å². The minimum absolute atomic E-state index is 0.0351. The maximum atomic E-state index is 12.1. The average Bonchev–Trinajstić information content (AvgIpc) is 2.90. The Morgan fingerprint density at radius 1 is 1.03 bits per heavy atom. The number of carbonyl (C=O) groups is 1. The molecule has 35 heavy (non-hydrogen) atoms. The standard InChI is InChI=1S/C31H31NO3/c1-20-17-23(15-16-25(20)31(33)34-3)29-18-24(35-30-14-7-6-12-28(29)30)19-32-21(2)26-13-8-10-22-9-4-5-11-27(22)26/h4-17,21,24,29,32H,18-19H2,1-3H3/t21-,24-,29-/m1/s1. The smallest absolute Gasteiger partial charge is 0.338 e. The van der Waals surface area contributed by atoms with Gasteiger partial charge in [0.25, 0.3) is 0 Å². The fourth-order valence-corrected chi connectivity index (χ4v) is 5.22. The first kappa shape index (κ1) is 23.1. The van der Waals surface area contributed by atoms with Gasteiger partial charge in [0.15, 0.2) is 0 Å². The third kappa shape index (κ3) is 4.67. The number of benzene rings is 4. The van der Waals surface area contributed by atoms with Gasteiger partial charge in [-0.1, -0.05) is 72.8 Å². The molecule has 0 spiro atoms. The van der Waals surface area contributed by atoms with Crippen LogP contribution in [0.1, 0.15) is 57.9 Å². The zero-order valence-corrected chi connectivity index (χ0v) is 20.5. The number of hydrogen-bond donors (Lipinski definition) is 1. The lowest BCUT2D eigenvalue weighted by Gasteiger charge is -2.33. The number of hydrogen-bond acceptors (Lipinski definition) is 4. The predicted molar refractivity (Wildman–Crippen MR) is 140 cm³/mol. The first-order valence-corrected chi connectivity index (χ1v) is 12.2. The van der Waals surface area contributed by atoms with E-state index in [1.807, 2.05) is 19.1 Å². The van der Waals surface area contributed by atoms with Crippen LogP contribution in [0.15, 0.2) is 84.9 Å². The first-order valence-electron chi connectivity index (χ1n) is 12.2. The molecule has 4 aromatic carbocycles. The van der Waals surface area contributed by atoms with Crippen LogP contribution in [-0.2, 0) is 4.74 Å². The van der Waals surface area contributed by atoms with Gasteiger partial charge in [0, 0.05) is 24.1 Å². The van der Waals surface area contributed by atoms with Gasteiger partial charge in [0.2, 0.25) is 0 Å². The van der Waals surface area contributed by atoms with Gasteiger partial charge in [0.05, 0.1) is 12.7 Å². The number of fused-ring (bicyclic) bond motifs is 2. The summed E-state index contributed by atoms with van der Waals surface area (Å²) in [6, 6.07) is 29.5. The van der Waals surface area contributed by atoms with Gasteiger partial charge in [-0.2, -0.15) is 0 Å². The minimum Gasteiger partial charge on any atom is -0.489 e. The van der Waals surface area contributed by atoms with Gasteiger partial charge in [0.1, 0.15) is 11.9 Å². The third-order valence-corrected chi connectivity index (χ3v) is 7.09. The normalized spacial score (nSPS) is 17.9. The summed E-state index contributed by atoms with van der Waals surface area (Å²) in [5.41, 5.74) is 5.22. The summed E-state index contributed by atoms with van der Waals surface area (Å²) in [4.78, 5) is 12.1. The monoisotopic (exact) mass is 465 g/mol. The molecule has 0 amide bonds. The molecule has 1 aliphatic rings. The maximum Gasteiger partial charge on any atom is 0.338 e. The maximum absolute atomic E-state index is 12.1. The van der Waals surface area contributed by atoms with Gasteiger partial charge < -0.3 is 14.8 Å². The molecule has 1 heterocycles. The fraction of sp³-hybridized carbons (Fsp3) is 0.258. The van der Waals surface area contributed by atoms with Gasteiger partial charge in [-0.25, -0.2) is 4.79 Å². The van der Waals surface area contributed by atoms with Crippen molar-refractivity contribution in [1.82, 2.24) is 5.32 Å². The Labute approximate surface area is 206 Å². The van der Waals surface area contributed by atoms with Crippen molar-refractivity contribution in [2.45, 2.75) is 38.3 Å². The molecular weight excluding hydrogens is 434 g/mol. The van der Waals surface area contributed by atoms with Gasteiger partial charge >= 0.3 is 5.97 Å². The van der Waals surface area contributed by atoms with Crippen LogP contribution < -0.4 is 10.1 Å². The second kappa shape index (κ2) is 9.93. The van der Waals surface area contributed by atoms with Crippen LogP contribution in [0.4, 0.5) is 0 Å². The van der Waals surface area contributed by atoms with E-state index in [4.69, 9.17) is 9.47 Å². The highest BCUT2D eigenvalue weighted by molar-refractivity contribution is 5.91. The van der Waals surface area contributed by atoms with E-state index in [1.165, 1.54) is 34.6 Å². The van der Waals surface area contributed by atoms with Crippen molar-refractivity contribution in [3.63, 3.8) is 0 Å².